The second-order valence-corrected chi connectivity index (χ2v) is 9.12. The zero-order valence-corrected chi connectivity index (χ0v) is 16.8. The second kappa shape index (κ2) is 7.82. The summed E-state index contributed by atoms with van der Waals surface area (Å²) in [6, 6.07) is 12.3. The lowest BCUT2D eigenvalue weighted by molar-refractivity contribution is 0.0946. The van der Waals surface area contributed by atoms with Crippen molar-refractivity contribution in [1.29, 1.82) is 0 Å². The van der Waals surface area contributed by atoms with E-state index in [1.165, 1.54) is 4.31 Å². The molecule has 0 radical (unpaired) electrons. The van der Waals surface area contributed by atoms with Crippen LogP contribution in [0.15, 0.2) is 47.4 Å². The van der Waals surface area contributed by atoms with Crippen LogP contribution >= 0.6 is 0 Å². The first-order valence-corrected chi connectivity index (χ1v) is 10.7. The van der Waals surface area contributed by atoms with Gasteiger partial charge < -0.3 is 5.32 Å². The Bertz CT molecular complexity index is 936. The van der Waals surface area contributed by atoms with E-state index in [-0.39, 0.29) is 11.9 Å². The van der Waals surface area contributed by atoms with E-state index < -0.39 is 10.0 Å². The first kappa shape index (κ1) is 19.6. The number of hydrogen-bond donors (Lipinski definition) is 1. The molecule has 2 aromatic carbocycles. The number of sulfonamides is 1. The highest BCUT2D eigenvalue weighted by molar-refractivity contribution is 7.89. The summed E-state index contributed by atoms with van der Waals surface area (Å²) in [6.45, 7) is 6.71. The monoisotopic (exact) mass is 386 g/mol. The van der Waals surface area contributed by atoms with Gasteiger partial charge in [-0.15, -0.1) is 0 Å². The van der Waals surface area contributed by atoms with Gasteiger partial charge in [0.25, 0.3) is 5.91 Å². The highest BCUT2D eigenvalue weighted by atomic mass is 32.2. The standard InChI is InChI=1S/C21H26N2O3S/c1-15-6-10-20(11-7-15)27(25,26)23-12-4-5-19(23)14-22-21(24)18-9-8-16(2)17(3)13-18/h6-11,13,19H,4-5,12,14H2,1-3H3,(H,22,24). The highest BCUT2D eigenvalue weighted by Gasteiger charge is 2.35. The molecule has 1 aliphatic rings. The number of rotatable bonds is 5. The molecule has 1 saturated heterocycles. The fourth-order valence-electron chi connectivity index (χ4n) is 3.37. The number of aryl methyl sites for hydroxylation is 3. The third-order valence-electron chi connectivity index (χ3n) is 5.22. The number of carbonyl (C=O) groups is 1. The Balaban J connectivity index is 1.70. The van der Waals surface area contributed by atoms with Crippen molar-refractivity contribution in [1.82, 2.24) is 9.62 Å². The van der Waals surface area contributed by atoms with Gasteiger partial charge in [-0.25, -0.2) is 8.42 Å². The first-order chi connectivity index (χ1) is 12.8. The molecular weight excluding hydrogens is 360 g/mol. The van der Waals surface area contributed by atoms with E-state index in [4.69, 9.17) is 0 Å². The van der Waals surface area contributed by atoms with Gasteiger partial charge in [0.2, 0.25) is 10.0 Å². The molecule has 5 nitrogen and oxygen atoms in total. The Morgan fingerprint density at radius 1 is 1.07 bits per heavy atom. The summed E-state index contributed by atoms with van der Waals surface area (Å²) in [5.41, 5.74) is 3.82. The number of carbonyl (C=O) groups excluding carboxylic acids is 1. The molecule has 27 heavy (non-hydrogen) atoms. The first-order valence-electron chi connectivity index (χ1n) is 9.23. The van der Waals surface area contributed by atoms with E-state index in [0.717, 1.165) is 29.5 Å². The molecule has 1 N–H and O–H groups in total. The number of amides is 1. The summed E-state index contributed by atoms with van der Waals surface area (Å²) in [5.74, 6) is -0.169. The minimum atomic E-state index is -3.55. The average Bonchev–Trinajstić information content (AvgIpc) is 3.12. The molecule has 144 valence electrons. The van der Waals surface area contributed by atoms with Crippen molar-refractivity contribution in [3.05, 3.63) is 64.7 Å². The van der Waals surface area contributed by atoms with Crippen LogP contribution in [-0.4, -0.2) is 37.8 Å². The van der Waals surface area contributed by atoms with Gasteiger partial charge in [-0.05, 0) is 69.0 Å². The molecule has 6 heteroatoms. The minimum absolute atomic E-state index is 0.169. The average molecular weight is 387 g/mol. The van der Waals surface area contributed by atoms with Crippen molar-refractivity contribution in [2.45, 2.75) is 44.6 Å². The van der Waals surface area contributed by atoms with Gasteiger partial charge in [0.15, 0.2) is 0 Å². The third kappa shape index (κ3) is 4.22. The Kier molecular flexibility index (Phi) is 5.67. The van der Waals surface area contributed by atoms with E-state index in [1.54, 1.807) is 30.3 Å². The zero-order chi connectivity index (χ0) is 19.6. The van der Waals surface area contributed by atoms with Crippen LogP contribution in [0.4, 0.5) is 0 Å². The van der Waals surface area contributed by atoms with E-state index in [1.807, 2.05) is 32.9 Å². The van der Waals surface area contributed by atoms with Crippen LogP contribution in [0, 0.1) is 20.8 Å². The lowest BCUT2D eigenvalue weighted by atomic mass is 10.1. The van der Waals surface area contributed by atoms with Crippen molar-refractivity contribution < 1.29 is 13.2 Å². The van der Waals surface area contributed by atoms with Crippen LogP contribution < -0.4 is 5.32 Å². The van der Waals surface area contributed by atoms with Gasteiger partial charge in [0.05, 0.1) is 4.90 Å². The second-order valence-electron chi connectivity index (χ2n) is 7.23. The number of benzene rings is 2. The molecule has 1 amide bonds. The summed E-state index contributed by atoms with van der Waals surface area (Å²) in [5, 5.41) is 2.91. The maximum atomic E-state index is 13.0. The normalized spacial score (nSPS) is 17.8. The van der Waals surface area contributed by atoms with Crippen molar-refractivity contribution in [2.24, 2.45) is 0 Å². The Hall–Kier alpha value is -2.18. The molecule has 1 heterocycles. The molecule has 0 aliphatic carbocycles. The van der Waals surface area contributed by atoms with Crippen LogP contribution in [0.2, 0.25) is 0 Å². The smallest absolute Gasteiger partial charge is 0.251 e. The molecule has 2 aromatic rings. The molecule has 1 unspecified atom stereocenters. The predicted molar refractivity (Wildman–Crippen MR) is 106 cm³/mol. The fraction of sp³-hybridized carbons (Fsp3) is 0.381. The Labute approximate surface area is 161 Å². The topological polar surface area (TPSA) is 66.5 Å². The lowest BCUT2D eigenvalue weighted by Crippen LogP contribution is -2.43. The van der Waals surface area contributed by atoms with Crippen LogP contribution in [0.25, 0.3) is 0 Å². The van der Waals surface area contributed by atoms with Gasteiger partial charge >= 0.3 is 0 Å². The van der Waals surface area contributed by atoms with E-state index in [9.17, 15) is 13.2 Å². The maximum Gasteiger partial charge on any atom is 0.251 e. The molecule has 1 aliphatic heterocycles. The molecular formula is C21H26N2O3S. The number of nitrogens with zero attached hydrogens (tertiary/aromatic N) is 1. The number of nitrogens with one attached hydrogen (secondary N) is 1. The molecule has 3 rings (SSSR count). The quantitative estimate of drug-likeness (QED) is 0.858. The summed E-state index contributed by atoms with van der Waals surface area (Å²) < 4.78 is 27.5. The SMILES string of the molecule is Cc1ccc(S(=O)(=O)N2CCCC2CNC(=O)c2ccc(C)c(C)c2)cc1. The van der Waals surface area contributed by atoms with E-state index in [0.29, 0.717) is 23.5 Å². The molecule has 1 atom stereocenters. The van der Waals surface area contributed by atoms with Gasteiger partial charge in [0.1, 0.15) is 0 Å². The predicted octanol–water partition coefficient (Wildman–Crippen LogP) is 3.19. The third-order valence-corrected chi connectivity index (χ3v) is 7.18. The van der Waals surface area contributed by atoms with Gasteiger partial charge in [-0.2, -0.15) is 4.31 Å². The van der Waals surface area contributed by atoms with Crippen LogP contribution in [0.1, 0.15) is 39.9 Å². The number of hydrogen-bond acceptors (Lipinski definition) is 3. The molecule has 0 spiro atoms. The lowest BCUT2D eigenvalue weighted by Gasteiger charge is -2.24. The summed E-state index contributed by atoms with van der Waals surface area (Å²) >= 11 is 0. The zero-order valence-electron chi connectivity index (χ0n) is 16.0. The van der Waals surface area contributed by atoms with E-state index >= 15 is 0 Å². The van der Waals surface area contributed by atoms with Crippen molar-refractivity contribution in [3.8, 4) is 0 Å². The van der Waals surface area contributed by atoms with Crippen molar-refractivity contribution in [3.63, 3.8) is 0 Å². The Morgan fingerprint density at radius 2 is 1.78 bits per heavy atom. The fourth-order valence-corrected chi connectivity index (χ4v) is 5.06. The molecule has 0 saturated carbocycles. The van der Waals surface area contributed by atoms with Crippen LogP contribution in [0.5, 0.6) is 0 Å². The Morgan fingerprint density at radius 3 is 2.44 bits per heavy atom. The van der Waals surface area contributed by atoms with Crippen molar-refractivity contribution in [2.75, 3.05) is 13.1 Å². The molecule has 0 aromatic heterocycles. The van der Waals surface area contributed by atoms with Crippen LogP contribution in [-0.2, 0) is 10.0 Å². The summed E-state index contributed by atoms with van der Waals surface area (Å²) in [7, 11) is -3.55. The molecule has 0 bridgehead atoms. The minimum Gasteiger partial charge on any atom is -0.350 e. The summed E-state index contributed by atoms with van der Waals surface area (Å²) in [4.78, 5) is 12.8. The van der Waals surface area contributed by atoms with Crippen LogP contribution in [0.3, 0.4) is 0 Å². The summed E-state index contributed by atoms with van der Waals surface area (Å²) in [6.07, 6.45) is 1.55. The largest absolute Gasteiger partial charge is 0.350 e. The van der Waals surface area contributed by atoms with Gasteiger partial charge in [0, 0.05) is 24.7 Å². The van der Waals surface area contributed by atoms with Gasteiger partial charge in [-0.1, -0.05) is 23.8 Å². The maximum absolute atomic E-state index is 13.0. The van der Waals surface area contributed by atoms with Crippen molar-refractivity contribution >= 4 is 15.9 Å². The van der Waals surface area contributed by atoms with Gasteiger partial charge in [-0.3, -0.25) is 4.79 Å². The highest BCUT2D eigenvalue weighted by Crippen LogP contribution is 2.26. The molecule has 1 fully saturated rings. The van der Waals surface area contributed by atoms with E-state index in [2.05, 4.69) is 5.32 Å².